The molecule has 8 nitrogen and oxygen atoms in total. The Bertz CT molecular complexity index is 1380. The van der Waals surface area contributed by atoms with Crippen molar-refractivity contribution in [3.63, 3.8) is 0 Å². The standard InChI is InChI=1S/C30H36BrN3O5S/c1-5-22(2)32-30(36)28(19-23-10-7-6-8-11-23)33(20-24-12-9-13-27(18-24)39-3)29(35)21-34(40(4,37)38)26-16-14-25(31)15-17-26/h6-18,22,28H,5,19-21H2,1-4H3,(H,32,36). The van der Waals surface area contributed by atoms with Gasteiger partial charge in [-0.25, -0.2) is 8.42 Å². The van der Waals surface area contributed by atoms with Gasteiger partial charge < -0.3 is 15.0 Å². The number of carbonyl (C=O) groups excluding carboxylic acids is 2. The molecule has 3 aromatic carbocycles. The van der Waals surface area contributed by atoms with E-state index in [4.69, 9.17) is 4.74 Å². The molecule has 0 fully saturated rings. The highest BCUT2D eigenvalue weighted by Crippen LogP contribution is 2.23. The Morgan fingerprint density at radius 2 is 1.62 bits per heavy atom. The first kappa shape index (κ1) is 31.2. The van der Waals surface area contributed by atoms with Crippen molar-refractivity contribution >= 4 is 43.5 Å². The van der Waals surface area contributed by atoms with Crippen molar-refractivity contribution < 1.29 is 22.7 Å². The summed E-state index contributed by atoms with van der Waals surface area (Å²) in [6.45, 7) is 3.49. The second-order valence-electron chi connectivity index (χ2n) is 9.64. The Balaban J connectivity index is 2.06. The van der Waals surface area contributed by atoms with E-state index in [1.54, 1.807) is 43.5 Å². The summed E-state index contributed by atoms with van der Waals surface area (Å²) in [6, 6.07) is 22.4. The fourth-order valence-corrected chi connectivity index (χ4v) is 5.30. The minimum absolute atomic E-state index is 0.0827. The normalized spacial score (nSPS) is 12.7. The average molecular weight is 631 g/mol. The Kier molecular flexibility index (Phi) is 11.2. The fraction of sp³-hybridized carbons (Fsp3) is 0.333. The van der Waals surface area contributed by atoms with Gasteiger partial charge in [0.25, 0.3) is 0 Å². The first-order valence-electron chi connectivity index (χ1n) is 13.0. The lowest BCUT2D eigenvalue weighted by Crippen LogP contribution is -2.54. The van der Waals surface area contributed by atoms with Gasteiger partial charge in [0.15, 0.2) is 0 Å². The van der Waals surface area contributed by atoms with Gasteiger partial charge >= 0.3 is 0 Å². The molecule has 2 unspecified atom stereocenters. The molecular formula is C30H36BrN3O5S. The summed E-state index contributed by atoms with van der Waals surface area (Å²) in [7, 11) is -2.26. The maximum absolute atomic E-state index is 14.1. The van der Waals surface area contributed by atoms with E-state index in [2.05, 4.69) is 21.2 Å². The molecule has 0 aliphatic heterocycles. The quantitative estimate of drug-likeness (QED) is 0.294. The van der Waals surface area contributed by atoms with Gasteiger partial charge in [-0.1, -0.05) is 65.3 Å². The molecule has 2 amide bonds. The molecule has 0 saturated carbocycles. The molecule has 0 spiro atoms. The van der Waals surface area contributed by atoms with E-state index in [-0.39, 0.29) is 24.9 Å². The molecule has 0 bridgehead atoms. The van der Waals surface area contributed by atoms with E-state index < -0.39 is 28.5 Å². The second kappa shape index (κ2) is 14.3. The van der Waals surface area contributed by atoms with Crippen LogP contribution in [0.5, 0.6) is 5.75 Å². The molecular weight excluding hydrogens is 594 g/mol. The van der Waals surface area contributed by atoms with E-state index >= 15 is 0 Å². The highest BCUT2D eigenvalue weighted by atomic mass is 79.9. The number of sulfonamides is 1. The molecule has 1 N–H and O–H groups in total. The van der Waals surface area contributed by atoms with Crippen molar-refractivity contribution in [3.05, 3.63) is 94.5 Å². The Labute approximate surface area is 245 Å². The molecule has 10 heteroatoms. The van der Waals surface area contributed by atoms with Crippen LogP contribution in [0.4, 0.5) is 5.69 Å². The molecule has 40 heavy (non-hydrogen) atoms. The molecule has 0 heterocycles. The lowest BCUT2D eigenvalue weighted by atomic mass is 10.0. The van der Waals surface area contributed by atoms with Crippen LogP contribution in [0.2, 0.25) is 0 Å². The summed E-state index contributed by atoms with van der Waals surface area (Å²) in [4.78, 5) is 29.3. The fourth-order valence-electron chi connectivity index (χ4n) is 4.18. The summed E-state index contributed by atoms with van der Waals surface area (Å²) in [5, 5.41) is 3.02. The maximum atomic E-state index is 14.1. The molecule has 3 aromatic rings. The number of anilines is 1. The van der Waals surface area contributed by atoms with Gasteiger partial charge in [0, 0.05) is 23.5 Å². The zero-order chi connectivity index (χ0) is 29.3. The van der Waals surface area contributed by atoms with Gasteiger partial charge in [-0.15, -0.1) is 0 Å². The number of ether oxygens (including phenoxy) is 1. The minimum Gasteiger partial charge on any atom is -0.497 e. The molecule has 3 rings (SSSR count). The van der Waals surface area contributed by atoms with Crippen molar-refractivity contribution in [1.29, 1.82) is 0 Å². The number of amides is 2. The Morgan fingerprint density at radius 3 is 2.23 bits per heavy atom. The SMILES string of the molecule is CCC(C)NC(=O)C(Cc1ccccc1)N(Cc1cccc(OC)c1)C(=O)CN(c1ccc(Br)cc1)S(C)(=O)=O. The van der Waals surface area contributed by atoms with E-state index in [9.17, 15) is 18.0 Å². The van der Waals surface area contributed by atoms with Crippen LogP contribution >= 0.6 is 15.9 Å². The monoisotopic (exact) mass is 629 g/mol. The molecule has 214 valence electrons. The van der Waals surface area contributed by atoms with E-state index in [0.29, 0.717) is 11.4 Å². The van der Waals surface area contributed by atoms with Crippen LogP contribution in [0.3, 0.4) is 0 Å². The van der Waals surface area contributed by atoms with E-state index in [1.807, 2.05) is 56.3 Å². The number of hydrogen-bond acceptors (Lipinski definition) is 5. The van der Waals surface area contributed by atoms with Crippen LogP contribution in [0, 0.1) is 0 Å². The highest BCUT2D eigenvalue weighted by Gasteiger charge is 2.33. The summed E-state index contributed by atoms with van der Waals surface area (Å²) < 4.78 is 32.9. The van der Waals surface area contributed by atoms with Gasteiger partial charge in [0.05, 0.1) is 19.1 Å². The van der Waals surface area contributed by atoms with Gasteiger partial charge in [-0.05, 0) is 60.9 Å². The number of carbonyl (C=O) groups is 2. The number of nitrogens with zero attached hydrogens (tertiary/aromatic N) is 2. The van der Waals surface area contributed by atoms with Gasteiger partial charge in [-0.2, -0.15) is 0 Å². The number of benzene rings is 3. The second-order valence-corrected chi connectivity index (χ2v) is 12.5. The molecule has 0 aliphatic rings. The molecule has 0 radical (unpaired) electrons. The maximum Gasteiger partial charge on any atom is 0.244 e. The number of methoxy groups -OCH3 is 1. The molecule has 0 saturated heterocycles. The summed E-state index contributed by atoms with van der Waals surface area (Å²) >= 11 is 3.36. The number of rotatable bonds is 13. The van der Waals surface area contributed by atoms with Crippen LogP contribution in [0.1, 0.15) is 31.4 Å². The molecule has 0 aromatic heterocycles. The zero-order valence-electron chi connectivity index (χ0n) is 23.2. The smallest absolute Gasteiger partial charge is 0.244 e. The van der Waals surface area contributed by atoms with Crippen LogP contribution < -0.4 is 14.4 Å². The minimum atomic E-state index is -3.82. The van der Waals surface area contributed by atoms with Crippen molar-refractivity contribution in [2.24, 2.45) is 0 Å². The Hall–Kier alpha value is -3.37. The lowest BCUT2D eigenvalue weighted by Gasteiger charge is -2.34. The van der Waals surface area contributed by atoms with Crippen molar-refractivity contribution in [3.8, 4) is 5.75 Å². The van der Waals surface area contributed by atoms with E-state index in [1.165, 1.54) is 4.90 Å². The molecule has 0 aliphatic carbocycles. The van der Waals surface area contributed by atoms with Gasteiger partial charge in [0.1, 0.15) is 18.3 Å². The van der Waals surface area contributed by atoms with E-state index in [0.717, 1.165) is 32.6 Å². The van der Waals surface area contributed by atoms with Crippen molar-refractivity contribution in [2.75, 3.05) is 24.2 Å². The third kappa shape index (κ3) is 8.82. The predicted molar refractivity (Wildman–Crippen MR) is 162 cm³/mol. The number of halogens is 1. The zero-order valence-corrected chi connectivity index (χ0v) is 25.6. The average Bonchev–Trinajstić information content (AvgIpc) is 2.94. The summed E-state index contributed by atoms with van der Waals surface area (Å²) in [5.41, 5.74) is 1.98. The van der Waals surface area contributed by atoms with Crippen LogP contribution in [0.25, 0.3) is 0 Å². The topological polar surface area (TPSA) is 96.0 Å². The molecule has 2 atom stereocenters. The third-order valence-electron chi connectivity index (χ3n) is 6.55. The summed E-state index contributed by atoms with van der Waals surface area (Å²) in [5.74, 6) is -0.193. The first-order valence-corrected chi connectivity index (χ1v) is 15.7. The van der Waals surface area contributed by atoms with Gasteiger partial charge in [-0.3, -0.25) is 13.9 Å². The van der Waals surface area contributed by atoms with Crippen LogP contribution in [-0.4, -0.2) is 57.1 Å². The van der Waals surface area contributed by atoms with Gasteiger partial charge in [0.2, 0.25) is 21.8 Å². The summed E-state index contributed by atoms with van der Waals surface area (Å²) in [6.07, 6.45) is 2.04. The van der Waals surface area contributed by atoms with Crippen molar-refractivity contribution in [1.82, 2.24) is 10.2 Å². The van der Waals surface area contributed by atoms with Crippen LogP contribution in [0.15, 0.2) is 83.3 Å². The van der Waals surface area contributed by atoms with Crippen molar-refractivity contribution in [2.45, 2.75) is 45.3 Å². The van der Waals surface area contributed by atoms with Crippen LogP contribution in [-0.2, 0) is 32.6 Å². The lowest BCUT2D eigenvalue weighted by molar-refractivity contribution is -0.140. The third-order valence-corrected chi connectivity index (χ3v) is 8.22. The Morgan fingerprint density at radius 1 is 0.975 bits per heavy atom. The first-order chi connectivity index (χ1) is 19.0. The number of hydrogen-bond donors (Lipinski definition) is 1. The number of nitrogens with one attached hydrogen (secondary N) is 1. The largest absolute Gasteiger partial charge is 0.497 e. The highest BCUT2D eigenvalue weighted by molar-refractivity contribution is 9.10. The predicted octanol–water partition coefficient (Wildman–Crippen LogP) is 4.78.